The molecule has 0 fully saturated rings. The largest absolute Gasteiger partial charge is 0.398 e. The smallest absolute Gasteiger partial charge is 0.267 e. The highest BCUT2D eigenvalue weighted by atomic mass is 35.5. The number of rotatable bonds is 5. The van der Waals surface area contributed by atoms with Crippen LogP contribution in [0.25, 0.3) is 17.0 Å². The Kier molecular flexibility index (Phi) is 5.60. The zero-order valence-electron chi connectivity index (χ0n) is 14.3. The summed E-state index contributed by atoms with van der Waals surface area (Å²) in [5.74, 6) is -1.52. The molecule has 0 bridgehead atoms. The third-order valence-corrected chi connectivity index (χ3v) is 6.14. The monoisotopic (exact) mass is 436 g/mol. The molecule has 28 heavy (non-hydrogen) atoms. The number of sulfone groups is 1. The molecule has 3 aromatic rings. The Hall–Kier alpha value is -2.61. The summed E-state index contributed by atoms with van der Waals surface area (Å²) in [5, 5.41) is 1.27. The molecule has 1 heterocycles. The Labute approximate surface area is 170 Å². The molecule has 0 aliphatic rings. The van der Waals surface area contributed by atoms with E-state index in [9.17, 15) is 18.0 Å². The van der Waals surface area contributed by atoms with Crippen LogP contribution in [-0.2, 0) is 14.6 Å². The molecule has 2 aromatic carbocycles. The minimum absolute atomic E-state index is 0.340. The van der Waals surface area contributed by atoms with Crippen molar-refractivity contribution in [1.82, 2.24) is 4.98 Å². The lowest BCUT2D eigenvalue weighted by atomic mass is 10.2. The average molecular weight is 437 g/mol. The van der Waals surface area contributed by atoms with Crippen molar-refractivity contribution in [2.45, 2.75) is 4.90 Å². The van der Waals surface area contributed by atoms with E-state index in [4.69, 9.17) is 28.9 Å². The molecule has 1 aromatic heterocycles. The molecule has 0 radical (unpaired) electrons. The van der Waals surface area contributed by atoms with Crippen molar-refractivity contribution in [2.75, 3.05) is 11.5 Å². The topological polar surface area (TPSA) is 110 Å². The van der Waals surface area contributed by atoms with Crippen LogP contribution in [-0.4, -0.2) is 24.9 Å². The van der Waals surface area contributed by atoms with Gasteiger partial charge in [0.25, 0.3) is 5.56 Å². The van der Waals surface area contributed by atoms with Gasteiger partial charge in [-0.05, 0) is 47.4 Å². The van der Waals surface area contributed by atoms with Crippen molar-refractivity contribution in [3.05, 3.63) is 74.5 Å². The summed E-state index contributed by atoms with van der Waals surface area (Å²) in [6.45, 7) is 0. The number of nitrogens with one attached hydrogen (secondary N) is 1. The van der Waals surface area contributed by atoms with Crippen LogP contribution in [0.1, 0.15) is 5.56 Å². The summed E-state index contributed by atoms with van der Waals surface area (Å²) in [5.41, 5.74) is 6.21. The number of nitrogen functional groups attached to an aromatic ring is 1. The van der Waals surface area contributed by atoms with E-state index in [1.165, 1.54) is 18.2 Å². The average Bonchev–Trinajstić information content (AvgIpc) is 2.61. The Morgan fingerprint density at radius 1 is 1.11 bits per heavy atom. The summed E-state index contributed by atoms with van der Waals surface area (Å²) >= 11 is 11.7. The predicted molar refractivity (Wildman–Crippen MR) is 112 cm³/mol. The molecule has 3 rings (SSSR count). The van der Waals surface area contributed by atoms with Gasteiger partial charge in [0.2, 0.25) is 0 Å². The van der Waals surface area contributed by atoms with Crippen molar-refractivity contribution in [1.29, 1.82) is 0 Å². The second-order valence-corrected chi connectivity index (χ2v) is 8.84. The number of pyridine rings is 1. The Morgan fingerprint density at radius 2 is 1.86 bits per heavy atom. The number of allylic oxidation sites excluding steroid dienone is 1. The zero-order chi connectivity index (χ0) is 20.5. The number of hydrogen-bond acceptors (Lipinski definition) is 5. The first kappa shape index (κ1) is 20.1. The maximum Gasteiger partial charge on any atom is 0.267 e. The minimum atomic E-state index is -4.13. The molecular weight excluding hydrogens is 423 g/mol. The number of aromatic nitrogens is 1. The third-order valence-electron chi connectivity index (χ3n) is 3.92. The van der Waals surface area contributed by atoms with Crippen molar-refractivity contribution in [3.63, 3.8) is 0 Å². The van der Waals surface area contributed by atoms with E-state index in [0.29, 0.717) is 32.2 Å². The number of nitrogens with two attached hydrogens (primary N) is 1. The standard InChI is InChI=1S/C19H14Cl2N2O4S/c20-13-4-3-12-8-18(19(25)23-17(12)9-13)28(26,27)10-14(24)5-1-11-2-6-15(21)16(22)7-11/h1-9H,10,22H2,(H,23,25). The van der Waals surface area contributed by atoms with Gasteiger partial charge >= 0.3 is 0 Å². The Bertz CT molecular complexity index is 1280. The fraction of sp³-hybridized carbons (Fsp3) is 0.0526. The minimum Gasteiger partial charge on any atom is -0.398 e. The van der Waals surface area contributed by atoms with Gasteiger partial charge in [0, 0.05) is 10.5 Å². The molecule has 0 aliphatic heterocycles. The van der Waals surface area contributed by atoms with E-state index < -0.39 is 31.8 Å². The van der Waals surface area contributed by atoms with E-state index in [1.807, 2.05) is 0 Å². The van der Waals surface area contributed by atoms with Crippen LogP contribution in [0, 0.1) is 0 Å². The fourth-order valence-corrected chi connectivity index (χ4v) is 4.11. The molecule has 0 saturated heterocycles. The lowest BCUT2D eigenvalue weighted by Gasteiger charge is -2.04. The first-order valence-corrected chi connectivity index (χ1v) is 10.4. The van der Waals surface area contributed by atoms with Gasteiger partial charge in [0.1, 0.15) is 10.6 Å². The number of aromatic amines is 1. The van der Waals surface area contributed by atoms with Crippen LogP contribution >= 0.6 is 23.2 Å². The summed E-state index contributed by atoms with van der Waals surface area (Å²) in [6, 6.07) is 10.7. The second-order valence-electron chi connectivity index (χ2n) is 6.03. The molecule has 144 valence electrons. The van der Waals surface area contributed by atoms with Crippen LogP contribution < -0.4 is 11.3 Å². The highest BCUT2D eigenvalue weighted by molar-refractivity contribution is 7.92. The van der Waals surface area contributed by atoms with Crippen LogP contribution in [0.4, 0.5) is 5.69 Å². The van der Waals surface area contributed by atoms with E-state index in [2.05, 4.69) is 4.98 Å². The van der Waals surface area contributed by atoms with Crippen LogP contribution in [0.2, 0.25) is 10.0 Å². The summed E-state index contributed by atoms with van der Waals surface area (Å²) in [6.07, 6.45) is 2.55. The van der Waals surface area contributed by atoms with E-state index in [1.54, 1.807) is 30.3 Å². The van der Waals surface area contributed by atoms with E-state index >= 15 is 0 Å². The van der Waals surface area contributed by atoms with Gasteiger partial charge < -0.3 is 10.7 Å². The maximum atomic E-state index is 12.5. The number of halogens is 2. The van der Waals surface area contributed by atoms with Gasteiger partial charge in [-0.25, -0.2) is 8.42 Å². The third kappa shape index (κ3) is 4.44. The summed E-state index contributed by atoms with van der Waals surface area (Å²) in [7, 11) is -4.13. The summed E-state index contributed by atoms with van der Waals surface area (Å²) < 4.78 is 25.1. The van der Waals surface area contributed by atoms with E-state index in [-0.39, 0.29) is 0 Å². The normalized spacial score (nSPS) is 11.9. The highest BCUT2D eigenvalue weighted by Crippen LogP contribution is 2.21. The molecular formula is C19H14Cl2N2O4S. The molecule has 0 aliphatic carbocycles. The van der Waals surface area contributed by atoms with Gasteiger partial charge in [-0.3, -0.25) is 9.59 Å². The quantitative estimate of drug-likeness (QED) is 0.469. The Morgan fingerprint density at radius 3 is 2.57 bits per heavy atom. The fourth-order valence-electron chi connectivity index (χ4n) is 2.55. The number of anilines is 1. The van der Waals surface area contributed by atoms with Crippen LogP contribution in [0.3, 0.4) is 0 Å². The molecule has 0 saturated carbocycles. The van der Waals surface area contributed by atoms with Crippen LogP contribution in [0.15, 0.2) is 58.2 Å². The number of carbonyl (C=O) groups is 1. The van der Waals surface area contributed by atoms with Gasteiger partial charge in [-0.1, -0.05) is 41.4 Å². The molecule has 0 amide bonds. The zero-order valence-corrected chi connectivity index (χ0v) is 16.6. The van der Waals surface area contributed by atoms with Crippen LogP contribution in [0.5, 0.6) is 0 Å². The molecule has 9 heteroatoms. The van der Waals surface area contributed by atoms with Gasteiger partial charge in [0.15, 0.2) is 15.6 Å². The van der Waals surface area contributed by atoms with Gasteiger partial charge in [0.05, 0.1) is 10.7 Å². The molecule has 6 nitrogen and oxygen atoms in total. The number of carbonyl (C=O) groups excluding carboxylic acids is 1. The number of hydrogen-bond donors (Lipinski definition) is 2. The number of fused-ring (bicyclic) bond motifs is 1. The predicted octanol–water partition coefficient (Wildman–Crippen LogP) is 3.47. The lowest BCUT2D eigenvalue weighted by Crippen LogP contribution is -2.22. The first-order chi connectivity index (χ1) is 13.2. The van der Waals surface area contributed by atoms with Crippen molar-refractivity contribution in [2.24, 2.45) is 0 Å². The SMILES string of the molecule is Nc1cc(C=CC(=O)CS(=O)(=O)c2cc3ccc(Cl)cc3[nH]c2=O)ccc1Cl. The highest BCUT2D eigenvalue weighted by Gasteiger charge is 2.22. The second kappa shape index (κ2) is 7.79. The number of ketones is 1. The number of benzene rings is 2. The Balaban J connectivity index is 1.85. The molecule has 3 N–H and O–H groups in total. The lowest BCUT2D eigenvalue weighted by molar-refractivity contribution is -0.112. The van der Waals surface area contributed by atoms with Gasteiger partial charge in [-0.15, -0.1) is 0 Å². The maximum absolute atomic E-state index is 12.5. The van der Waals surface area contributed by atoms with E-state index in [0.717, 1.165) is 6.08 Å². The molecule has 0 atom stereocenters. The summed E-state index contributed by atoms with van der Waals surface area (Å²) in [4.78, 5) is 26.3. The van der Waals surface area contributed by atoms with Crippen molar-refractivity contribution >= 4 is 61.5 Å². The molecule has 0 spiro atoms. The van der Waals surface area contributed by atoms with Crippen molar-refractivity contribution < 1.29 is 13.2 Å². The van der Waals surface area contributed by atoms with Crippen molar-refractivity contribution in [3.8, 4) is 0 Å². The molecule has 0 unspecified atom stereocenters. The number of H-pyrrole nitrogens is 1. The van der Waals surface area contributed by atoms with Gasteiger partial charge in [-0.2, -0.15) is 0 Å². The first-order valence-electron chi connectivity index (χ1n) is 7.97.